The number of nitrogens with zero attached hydrogens (tertiary/aromatic N) is 2. The fourth-order valence-corrected chi connectivity index (χ4v) is 5.95. The number of hydrogen-bond donors (Lipinski definition) is 0. The van der Waals surface area contributed by atoms with E-state index in [4.69, 9.17) is 14.3 Å². The monoisotopic (exact) mass is 570 g/mol. The molecule has 0 spiro atoms. The lowest BCUT2D eigenvalue weighted by molar-refractivity contribution is -0.126. The van der Waals surface area contributed by atoms with Crippen molar-refractivity contribution in [2.45, 2.75) is 25.7 Å². The standard InChI is InChI=1S/C36H30N2O5/c1-2-41-31-22-27(18-20-30(31)42-23-24-11-5-3-6-12-24)33-32-34(43-38(33)28-15-7-4-8-16-28)36(40)37(35(32)39)29-19-17-25-13-9-10-14-26(25)21-29/h3-22,32-34H,2,23H2,1H3/t32-,33+,34+/m1/s1. The average molecular weight is 571 g/mol. The summed E-state index contributed by atoms with van der Waals surface area (Å²) in [6, 6.07) is 38.1. The average Bonchev–Trinajstić information content (AvgIpc) is 3.56. The van der Waals surface area contributed by atoms with Gasteiger partial charge in [-0.05, 0) is 65.2 Å². The Labute approximate surface area is 249 Å². The van der Waals surface area contributed by atoms with Crippen LogP contribution in [-0.4, -0.2) is 24.5 Å². The normalized spacial score (nSPS) is 19.6. The number of benzene rings is 5. The summed E-state index contributed by atoms with van der Waals surface area (Å²) in [5.41, 5.74) is 3.12. The highest BCUT2D eigenvalue weighted by atomic mass is 16.7. The molecule has 2 heterocycles. The summed E-state index contributed by atoms with van der Waals surface area (Å²) in [6.07, 6.45) is -0.964. The highest BCUT2D eigenvalue weighted by Gasteiger charge is 2.60. The number of para-hydroxylation sites is 1. The van der Waals surface area contributed by atoms with E-state index in [0.717, 1.165) is 27.6 Å². The molecule has 0 N–H and O–H groups in total. The van der Waals surface area contributed by atoms with Crippen molar-refractivity contribution in [2.75, 3.05) is 16.6 Å². The van der Waals surface area contributed by atoms with Crippen molar-refractivity contribution in [3.05, 3.63) is 132 Å². The van der Waals surface area contributed by atoms with Crippen molar-refractivity contribution in [1.29, 1.82) is 0 Å². The minimum Gasteiger partial charge on any atom is -0.490 e. The number of hydrogen-bond acceptors (Lipinski definition) is 6. The lowest BCUT2D eigenvalue weighted by atomic mass is 9.90. The Kier molecular flexibility index (Phi) is 7.01. The molecule has 5 aromatic rings. The SMILES string of the molecule is CCOc1cc([C@H]2[C@H]3C(=O)N(c4ccc5ccccc5c4)C(=O)[C@H]3ON2c2ccccc2)ccc1OCc1ccccc1. The first kappa shape index (κ1) is 26.7. The van der Waals surface area contributed by atoms with E-state index in [1.54, 1.807) is 5.06 Å². The number of carbonyl (C=O) groups is 2. The van der Waals surface area contributed by atoms with Gasteiger partial charge >= 0.3 is 0 Å². The van der Waals surface area contributed by atoms with E-state index in [1.165, 1.54) is 4.90 Å². The minimum atomic E-state index is -0.964. The molecule has 0 saturated carbocycles. The van der Waals surface area contributed by atoms with E-state index in [-0.39, 0.29) is 11.8 Å². The van der Waals surface area contributed by atoms with Gasteiger partial charge in [0, 0.05) is 0 Å². The minimum absolute atomic E-state index is 0.295. The molecule has 7 rings (SSSR count). The van der Waals surface area contributed by atoms with E-state index < -0.39 is 18.1 Å². The van der Waals surface area contributed by atoms with Crippen molar-refractivity contribution in [1.82, 2.24) is 0 Å². The van der Waals surface area contributed by atoms with Gasteiger partial charge < -0.3 is 9.47 Å². The zero-order valence-corrected chi connectivity index (χ0v) is 23.6. The van der Waals surface area contributed by atoms with Gasteiger partial charge in [-0.2, -0.15) is 0 Å². The lowest BCUT2D eigenvalue weighted by Gasteiger charge is -2.29. The second kappa shape index (κ2) is 11.3. The Morgan fingerprint density at radius 2 is 1.40 bits per heavy atom. The summed E-state index contributed by atoms with van der Waals surface area (Å²) in [5.74, 6) is -0.263. The number of rotatable bonds is 8. The second-order valence-corrected chi connectivity index (χ2v) is 10.6. The van der Waals surface area contributed by atoms with Gasteiger partial charge in [-0.15, -0.1) is 0 Å². The third-order valence-corrected chi connectivity index (χ3v) is 7.96. The van der Waals surface area contributed by atoms with Crippen molar-refractivity contribution in [3.8, 4) is 11.5 Å². The maximum Gasteiger partial charge on any atom is 0.266 e. The molecule has 3 atom stereocenters. The van der Waals surface area contributed by atoms with E-state index in [2.05, 4.69) is 0 Å². The Morgan fingerprint density at radius 1 is 0.674 bits per heavy atom. The molecular formula is C36H30N2O5. The molecule has 0 radical (unpaired) electrons. The number of ether oxygens (including phenoxy) is 2. The first-order valence-corrected chi connectivity index (χ1v) is 14.4. The van der Waals surface area contributed by atoms with E-state index in [1.807, 2.05) is 128 Å². The quantitative estimate of drug-likeness (QED) is 0.190. The Bertz CT molecular complexity index is 1790. The van der Waals surface area contributed by atoms with Gasteiger partial charge in [0.15, 0.2) is 17.6 Å². The molecule has 7 nitrogen and oxygen atoms in total. The fourth-order valence-electron chi connectivity index (χ4n) is 5.95. The summed E-state index contributed by atoms with van der Waals surface area (Å²) >= 11 is 0. The number of fused-ring (bicyclic) bond motifs is 2. The molecule has 2 amide bonds. The molecular weight excluding hydrogens is 540 g/mol. The van der Waals surface area contributed by atoms with Crippen LogP contribution in [0.15, 0.2) is 121 Å². The largest absolute Gasteiger partial charge is 0.490 e. The molecule has 5 aromatic carbocycles. The molecule has 0 aliphatic carbocycles. The highest BCUT2D eigenvalue weighted by Crippen LogP contribution is 2.49. The maximum absolute atomic E-state index is 14.2. The van der Waals surface area contributed by atoms with Crippen molar-refractivity contribution < 1.29 is 23.9 Å². The van der Waals surface area contributed by atoms with Crippen molar-refractivity contribution in [3.63, 3.8) is 0 Å². The van der Waals surface area contributed by atoms with Gasteiger partial charge in [-0.1, -0.05) is 84.9 Å². The molecule has 0 unspecified atom stereocenters. The van der Waals surface area contributed by atoms with Gasteiger partial charge in [0.05, 0.1) is 24.0 Å². The van der Waals surface area contributed by atoms with Crippen LogP contribution in [0.1, 0.15) is 24.1 Å². The van der Waals surface area contributed by atoms with Gasteiger partial charge in [0.25, 0.3) is 5.91 Å². The van der Waals surface area contributed by atoms with Crippen LogP contribution in [0, 0.1) is 5.92 Å². The third kappa shape index (κ3) is 4.87. The topological polar surface area (TPSA) is 68.3 Å². The Morgan fingerprint density at radius 3 is 2.16 bits per heavy atom. The molecule has 2 fully saturated rings. The summed E-state index contributed by atoms with van der Waals surface area (Å²) < 4.78 is 12.2. The van der Waals surface area contributed by atoms with Crippen LogP contribution < -0.4 is 19.4 Å². The fraction of sp³-hybridized carbons (Fsp3) is 0.167. The van der Waals surface area contributed by atoms with Crippen LogP contribution in [0.5, 0.6) is 11.5 Å². The number of carbonyl (C=O) groups excluding carboxylic acids is 2. The van der Waals surface area contributed by atoms with Gasteiger partial charge in [-0.25, -0.2) is 9.96 Å². The zero-order chi connectivity index (χ0) is 29.3. The Balaban J connectivity index is 1.26. The maximum atomic E-state index is 14.2. The number of hydroxylamine groups is 1. The van der Waals surface area contributed by atoms with Crippen LogP contribution in [0.3, 0.4) is 0 Å². The first-order chi connectivity index (χ1) is 21.1. The lowest BCUT2D eigenvalue weighted by Crippen LogP contribution is -2.37. The molecule has 2 aliphatic heterocycles. The van der Waals surface area contributed by atoms with E-state index in [9.17, 15) is 9.59 Å². The van der Waals surface area contributed by atoms with Gasteiger partial charge in [0.2, 0.25) is 5.91 Å². The smallest absolute Gasteiger partial charge is 0.266 e. The molecule has 2 saturated heterocycles. The van der Waals surface area contributed by atoms with Crippen molar-refractivity contribution in [2.24, 2.45) is 5.92 Å². The number of amides is 2. The molecule has 2 aliphatic rings. The van der Waals surface area contributed by atoms with E-state index in [0.29, 0.717) is 30.4 Å². The molecule has 43 heavy (non-hydrogen) atoms. The molecule has 0 bridgehead atoms. The first-order valence-electron chi connectivity index (χ1n) is 14.4. The predicted octanol–water partition coefficient (Wildman–Crippen LogP) is 6.87. The van der Waals surface area contributed by atoms with Crippen LogP contribution in [-0.2, 0) is 21.0 Å². The predicted molar refractivity (Wildman–Crippen MR) is 165 cm³/mol. The summed E-state index contributed by atoms with van der Waals surface area (Å²) in [6.45, 7) is 2.74. The number of anilines is 2. The van der Waals surface area contributed by atoms with Gasteiger partial charge in [0.1, 0.15) is 12.5 Å². The highest BCUT2D eigenvalue weighted by molar-refractivity contribution is 6.24. The van der Waals surface area contributed by atoms with Crippen molar-refractivity contribution >= 4 is 34.0 Å². The Hall–Kier alpha value is -5.14. The molecule has 0 aromatic heterocycles. The molecule has 7 heteroatoms. The van der Waals surface area contributed by atoms with Crippen LogP contribution in [0.2, 0.25) is 0 Å². The van der Waals surface area contributed by atoms with E-state index >= 15 is 0 Å². The van der Waals surface area contributed by atoms with Crippen LogP contribution in [0.4, 0.5) is 11.4 Å². The zero-order valence-electron chi connectivity index (χ0n) is 23.6. The van der Waals surface area contributed by atoms with Crippen LogP contribution >= 0.6 is 0 Å². The molecule has 214 valence electrons. The van der Waals surface area contributed by atoms with Crippen LogP contribution in [0.25, 0.3) is 10.8 Å². The third-order valence-electron chi connectivity index (χ3n) is 7.96. The summed E-state index contributed by atoms with van der Waals surface area (Å²) in [4.78, 5) is 35.6. The summed E-state index contributed by atoms with van der Waals surface area (Å²) in [5, 5.41) is 3.68. The second-order valence-electron chi connectivity index (χ2n) is 10.6. The number of imide groups is 1. The van der Waals surface area contributed by atoms with Gasteiger partial charge in [-0.3, -0.25) is 14.4 Å². The summed E-state index contributed by atoms with van der Waals surface area (Å²) in [7, 11) is 0.